The van der Waals surface area contributed by atoms with Crippen molar-refractivity contribution in [2.24, 2.45) is 0 Å². The molecule has 2 nitrogen and oxygen atoms in total. The molecule has 256 valence electrons. The molecule has 0 unspecified atom stereocenters. The van der Waals surface area contributed by atoms with Crippen molar-refractivity contribution in [2.75, 3.05) is 0 Å². The molecule has 0 saturated heterocycles. The standard InChI is InChI=1S/C53H34N2/c1-53(2)44-20-7-6-16-38(44)39-26-25-35(29-45(39)53)46-30-47(55-52(54-46)34-11-4-3-5-12-34)37-27-36-24-23-33-14-9-18-41-40-17-8-13-31-21-22-32-15-10-19-42(50(32)48(31)40)43(28-37)51(36)49(33)41/h3-30H,1-2H3. The van der Waals surface area contributed by atoms with Gasteiger partial charge in [-0.25, -0.2) is 9.97 Å². The molecule has 0 spiro atoms. The van der Waals surface area contributed by atoms with Crippen molar-refractivity contribution < 1.29 is 0 Å². The van der Waals surface area contributed by atoms with E-state index in [0.717, 1.165) is 33.9 Å². The van der Waals surface area contributed by atoms with Gasteiger partial charge in [-0.3, -0.25) is 0 Å². The zero-order chi connectivity index (χ0) is 36.4. The first kappa shape index (κ1) is 30.6. The second-order valence-corrected chi connectivity index (χ2v) is 15.7. The Morgan fingerprint density at radius 1 is 0.345 bits per heavy atom. The molecule has 0 atom stereocenters. The molecule has 1 heterocycles. The van der Waals surface area contributed by atoms with Crippen molar-refractivity contribution in [3.63, 3.8) is 0 Å². The first-order valence-corrected chi connectivity index (χ1v) is 19.2. The number of hydrogen-bond acceptors (Lipinski definition) is 2. The van der Waals surface area contributed by atoms with E-state index in [4.69, 9.17) is 9.97 Å². The van der Waals surface area contributed by atoms with Crippen molar-refractivity contribution in [3.05, 3.63) is 181 Å². The molecular weight excluding hydrogens is 665 g/mol. The predicted molar refractivity (Wildman–Crippen MR) is 232 cm³/mol. The second kappa shape index (κ2) is 11.1. The second-order valence-electron chi connectivity index (χ2n) is 15.7. The number of hydrogen-bond donors (Lipinski definition) is 0. The third-order valence-corrected chi connectivity index (χ3v) is 12.4. The highest BCUT2D eigenvalue weighted by Gasteiger charge is 2.35. The van der Waals surface area contributed by atoms with Crippen LogP contribution in [0.25, 0.3) is 110 Å². The van der Waals surface area contributed by atoms with Gasteiger partial charge in [-0.05, 0) is 111 Å². The SMILES string of the molecule is CC1(C)c2ccccc2-c2ccc(-c3cc(-c4cc5ccc6cccc7c8cccc9ccc%10cccc(c(c4)c5c67)c%10c98)nc(-c4ccccc4)n3)cc21. The molecule has 0 aliphatic heterocycles. The van der Waals surface area contributed by atoms with Crippen LogP contribution in [0.5, 0.6) is 0 Å². The van der Waals surface area contributed by atoms with Crippen LogP contribution in [0.4, 0.5) is 0 Å². The smallest absolute Gasteiger partial charge is 0.160 e. The molecule has 1 aliphatic rings. The molecule has 11 aromatic rings. The average molecular weight is 699 g/mol. The maximum Gasteiger partial charge on any atom is 0.160 e. The van der Waals surface area contributed by atoms with Crippen LogP contribution < -0.4 is 0 Å². The lowest BCUT2D eigenvalue weighted by Crippen LogP contribution is -2.14. The summed E-state index contributed by atoms with van der Waals surface area (Å²) in [5.41, 5.74) is 10.2. The van der Waals surface area contributed by atoms with Crippen LogP contribution in [0.3, 0.4) is 0 Å². The van der Waals surface area contributed by atoms with E-state index >= 15 is 0 Å². The van der Waals surface area contributed by atoms with Gasteiger partial charge in [-0.15, -0.1) is 0 Å². The summed E-state index contributed by atoms with van der Waals surface area (Å²) in [6.45, 7) is 4.67. The predicted octanol–water partition coefficient (Wildman–Crippen LogP) is 14.1. The summed E-state index contributed by atoms with van der Waals surface area (Å²) in [5, 5.41) is 15.2. The lowest BCUT2D eigenvalue weighted by Gasteiger charge is -2.22. The van der Waals surface area contributed by atoms with Crippen molar-refractivity contribution in [1.82, 2.24) is 9.97 Å². The van der Waals surface area contributed by atoms with Crippen LogP contribution in [0.2, 0.25) is 0 Å². The maximum absolute atomic E-state index is 5.35. The Hall–Kier alpha value is -6.90. The fraction of sp³-hybridized carbons (Fsp3) is 0.0566. The molecular formula is C53H34N2. The van der Waals surface area contributed by atoms with Crippen molar-refractivity contribution in [2.45, 2.75) is 19.3 Å². The minimum Gasteiger partial charge on any atom is -0.228 e. The third-order valence-electron chi connectivity index (χ3n) is 12.4. The highest BCUT2D eigenvalue weighted by Crippen LogP contribution is 2.50. The number of fused-ring (bicyclic) bond motifs is 5. The van der Waals surface area contributed by atoms with E-state index in [-0.39, 0.29) is 5.41 Å². The maximum atomic E-state index is 5.35. The largest absolute Gasteiger partial charge is 0.228 e. The molecule has 0 radical (unpaired) electrons. The normalized spacial score (nSPS) is 13.4. The first-order chi connectivity index (χ1) is 27.0. The van der Waals surface area contributed by atoms with Crippen LogP contribution in [-0.2, 0) is 5.41 Å². The van der Waals surface area contributed by atoms with E-state index in [1.54, 1.807) is 0 Å². The van der Waals surface area contributed by atoms with Crippen molar-refractivity contribution in [3.8, 4) is 45.0 Å². The summed E-state index contributed by atoms with van der Waals surface area (Å²) in [6, 6.07) is 62.5. The Morgan fingerprint density at radius 3 is 1.56 bits per heavy atom. The molecule has 0 bridgehead atoms. The van der Waals surface area contributed by atoms with E-state index in [0.29, 0.717) is 0 Å². The van der Waals surface area contributed by atoms with Crippen LogP contribution in [0, 0.1) is 0 Å². The van der Waals surface area contributed by atoms with E-state index in [1.165, 1.54) is 86.9 Å². The molecule has 0 N–H and O–H groups in total. The number of rotatable bonds is 3. The summed E-state index contributed by atoms with van der Waals surface area (Å²) < 4.78 is 0. The van der Waals surface area contributed by atoms with Gasteiger partial charge in [0.15, 0.2) is 5.82 Å². The lowest BCUT2D eigenvalue weighted by atomic mass is 9.82. The van der Waals surface area contributed by atoms with Gasteiger partial charge in [-0.1, -0.05) is 159 Å². The molecule has 10 aromatic carbocycles. The molecule has 12 rings (SSSR count). The molecule has 2 heteroatoms. The molecule has 0 saturated carbocycles. The summed E-state index contributed by atoms with van der Waals surface area (Å²) in [6.07, 6.45) is 0. The van der Waals surface area contributed by atoms with Gasteiger partial charge in [0.05, 0.1) is 11.4 Å². The van der Waals surface area contributed by atoms with Crippen LogP contribution in [0.15, 0.2) is 170 Å². The minimum atomic E-state index is -0.109. The zero-order valence-electron chi connectivity index (χ0n) is 30.6. The molecule has 1 aromatic heterocycles. The topological polar surface area (TPSA) is 25.8 Å². The molecule has 1 aliphatic carbocycles. The van der Waals surface area contributed by atoms with Crippen molar-refractivity contribution >= 4 is 64.6 Å². The first-order valence-electron chi connectivity index (χ1n) is 19.2. The third kappa shape index (κ3) is 4.31. The van der Waals surface area contributed by atoms with Gasteiger partial charge >= 0.3 is 0 Å². The molecule has 0 fully saturated rings. The van der Waals surface area contributed by atoms with Crippen LogP contribution in [0.1, 0.15) is 25.0 Å². The highest BCUT2D eigenvalue weighted by atomic mass is 14.9. The minimum absolute atomic E-state index is 0.109. The Balaban J connectivity index is 1.17. The fourth-order valence-corrected chi connectivity index (χ4v) is 9.75. The average Bonchev–Trinajstić information content (AvgIpc) is 3.47. The summed E-state index contributed by atoms with van der Waals surface area (Å²) in [4.78, 5) is 10.6. The Bertz CT molecular complexity index is 3390. The number of benzene rings is 9. The van der Waals surface area contributed by atoms with E-state index in [1.807, 2.05) is 6.07 Å². The molecule has 55 heavy (non-hydrogen) atoms. The summed E-state index contributed by atoms with van der Waals surface area (Å²) in [7, 11) is 0. The van der Waals surface area contributed by atoms with Gasteiger partial charge in [-0.2, -0.15) is 0 Å². The number of aromatic nitrogens is 2. The van der Waals surface area contributed by atoms with E-state index < -0.39 is 0 Å². The Labute approximate surface area is 318 Å². The summed E-state index contributed by atoms with van der Waals surface area (Å²) >= 11 is 0. The van der Waals surface area contributed by atoms with Gasteiger partial charge in [0.1, 0.15) is 0 Å². The monoisotopic (exact) mass is 698 g/mol. The molecule has 0 amide bonds. The van der Waals surface area contributed by atoms with Gasteiger partial charge in [0, 0.05) is 22.1 Å². The van der Waals surface area contributed by atoms with Crippen LogP contribution in [-0.4, -0.2) is 9.97 Å². The fourth-order valence-electron chi connectivity index (χ4n) is 9.75. The zero-order valence-corrected chi connectivity index (χ0v) is 30.6. The number of nitrogens with zero attached hydrogens (tertiary/aromatic N) is 2. The lowest BCUT2D eigenvalue weighted by molar-refractivity contribution is 0.660. The van der Waals surface area contributed by atoms with Crippen molar-refractivity contribution in [1.29, 1.82) is 0 Å². The summed E-state index contributed by atoms with van der Waals surface area (Å²) in [5.74, 6) is 0.723. The van der Waals surface area contributed by atoms with Gasteiger partial charge < -0.3 is 0 Å². The highest BCUT2D eigenvalue weighted by molar-refractivity contribution is 6.37. The van der Waals surface area contributed by atoms with Gasteiger partial charge in [0.25, 0.3) is 0 Å². The Kier molecular flexibility index (Phi) is 6.15. The Morgan fingerprint density at radius 2 is 0.891 bits per heavy atom. The quantitative estimate of drug-likeness (QED) is 0.172. The van der Waals surface area contributed by atoms with Gasteiger partial charge in [0.2, 0.25) is 0 Å². The van der Waals surface area contributed by atoms with E-state index in [9.17, 15) is 0 Å². The van der Waals surface area contributed by atoms with Crippen LogP contribution >= 0.6 is 0 Å². The van der Waals surface area contributed by atoms with E-state index in [2.05, 4.69) is 178 Å².